The Morgan fingerprint density at radius 1 is 1.41 bits per heavy atom. The second-order valence-electron chi connectivity index (χ2n) is 5.42. The fourth-order valence-corrected chi connectivity index (χ4v) is 2.88. The highest BCUT2D eigenvalue weighted by atomic mass is 15.2. The Morgan fingerprint density at radius 3 is 2.88 bits per heavy atom. The molecule has 1 aliphatic rings. The maximum atomic E-state index is 5.82. The summed E-state index contributed by atoms with van der Waals surface area (Å²) in [6.45, 7) is 8.68. The summed E-state index contributed by atoms with van der Waals surface area (Å²) in [6, 6.07) is 2.60. The van der Waals surface area contributed by atoms with Gasteiger partial charge >= 0.3 is 0 Å². The molecule has 1 aromatic heterocycles. The molecule has 0 aliphatic carbocycles. The van der Waals surface area contributed by atoms with Crippen molar-refractivity contribution in [1.29, 1.82) is 0 Å². The van der Waals surface area contributed by atoms with E-state index >= 15 is 0 Å². The molecule has 0 spiro atoms. The van der Waals surface area contributed by atoms with E-state index < -0.39 is 0 Å². The fraction of sp³-hybridized carbons (Fsp3) is 0.643. The lowest BCUT2D eigenvalue weighted by Crippen LogP contribution is -2.46. The van der Waals surface area contributed by atoms with Gasteiger partial charge in [-0.1, -0.05) is 13.8 Å². The van der Waals surface area contributed by atoms with Crippen molar-refractivity contribution in [2.75, 3.05) is 11.4 Å². The predicted molar refractivity (Wildman–Crippen MR) is 71.9 cm³/mol. The lowest BCUT2D eigenvalue weighted by Gasteiger charge is -2.43. The van der Waals surface area contributed by atoms with Crippen LogP contribution in [-0.2, 0) is 6.54 Å². The lowest BCUT2D eigenvalue weighted by molar-refractivity contribution is 0.296. The summed E-state index contributed by atoms with van der Waals surface area (Å²) < 4.78 is 0. The highest BCUT2D eigenvalue weighted by Crippen LogP contribution is 2.32. The molecule has 3 atom stereocenters. The van der Waals surface area contributed by atoms with Gasteiger partial charge in [0.15, 0.2) is 0 Å². The molecule has 2 N–H and O–H groups in total. The van der Waals surface area contributed by atoms with Crippen LogP contribution in [0.4, 0.5) is 5.69 Å². The topological polar surface area (TPSA) is 42.2 Å². The van der Waals surface area contributed by atoms with Crippen LogP contribution < -0.4 is 10.6 Å². The van der Waals surface area contributed by atoms with Gasteiger partial charge < -0.3 is 10.6 Å². The molecule has 2 rings (SSSR count). The summed E-state index contributed by atoms with van der Waals surface area (Å²) in [5, 5.41) is 0. The number of nitrogens with zero attached hydrogens (tertiary/aromatic N) is 2. The molecule has 3 unspecified atom stereocenters. The first-order chi connectivity index (χ1) is 8.13. The summed E-state index contributed by atoms with van der Waals surface area (Å²) in [6.07, 6.45) is 5.10. The zero-order valence-corrected chi connectivity index (χ0v) is 11.1. The van der Waals surface area contributed by atoms with Crippen molar-refractivity contribution >= 4 is 5.69 Å². The van der Waals surface area contributed by atoms with Gasteiger partial charge in [-0.25, -0.2) is 0 Å². The van der Waals surface area contributed by atoms with Gasteiger partial charge in [0.25, 0.3) is 0 Å². The minimum atomic E-state index is 0.570. The number of anilines is 1. The van der Waals surface area contributed by atoms with Gasteiger partial charge in [0, 0.05) is 25.3 Å². The Labute approximate surface area is 104 Å². The minimum absolute atomic E-state index is 0.570. The molecule has 3 nitrogen and oxygen atoms in total. The third kappa shape index (κ3) is 2.44. The largest absolute Gasteiger partial charge is 0.367 e. The maximum Gasteiger partial charge on any atom is 0.0600 e. The van der Waals surface area contributed by atoms with E-state index in [0.717, 1.165) is 18.4 Å². The van der Waals surface area contributed by atoms with E-state index in [0.29, 0.717) is 12.6 Å². The Hall–Kier alpha value is -1.09. The van der Waals surface area contributed by atoms with E-state index in [1.165, 1.54) is 17.7 Å². The number of aromatic nitrogens is 1. The van der Waals surface area contributed by atoms with Crippen LogP contribution in [-0.4, -0.2) is 17.6 Å². The van der Waals surface area contributed by atoms with Crippen LogP contribution in [0.5, 0.6) is 0 Å². The normalized spacial score (nSPS) is 29.4. The van der Waals surface area contributed by atoms with Crippen LogP contribution in [0.15, 0.2) is 18.5 Å². The Kier molecular flexibility index (Phi) is 3.67. The number of hydrogen-bond acceptors (Lipinski definition) is 3. The van der Waals surface area contributed by atoms with Crippen molar-refractivity contribution in [1.82, 2.24) is 4.98 Å². The number of hydrogen-bond donors (Lipinski definition) is 1. The first-order valence-corrected chi connectivity index (χ1v) is 6.53. The maximum absolute atomic E-state index is 5.82. The van der Waals surface area contributed by atoms with Crippen LogP contribution in [0, 0.1) is 11.8 Å². The first-order valence-electron chi connectivity index (χ1n) is 6.53. The number of pyridine rings is 1. The Bertz CT molecular complexity index is 377. The average Bonchev–Trinajstić information content (AvgIpc) is 2.33. The van der Waals surface area contributed by atoms with Gasteiger partial charge in [-0.15, -0.1) is 0 Å². The van der Waals surface area contributed by atoms with Gasteiger partial charge in [-0.3, -0.25) is 4.98 Å². The summed E-state index contributed by atoms with van der Waals surface area (Å²) in [7, 11) is 0. The van der Waals surface area contributed by atoms with Crippen LogP contribution in [0.1, 0.15) is 32.8 Å². The van der Waals surface area contributed by atoms with Crippen LogP contribution in [0.2, 0.25) is 0 Å². The zero-order chi connectivity index (χ0) is 12.4. The summed E-state index contributed by atoms with van der Waals surface area (Å²) >= 11 is 0. The van der Waals surface area contributed by atoms with Gasteiger partial charge in [0.2, 0.25) is 0 Å². The monoisotopic (exact) mass is 233 g/mol. The second-order valence-corrected chi connectivity index (χ2v) is 5.42. The molecule has 1 aliphatic heterocycles. The third-order valence-electron chi connectivity index (χ3n) is 4.01. The fourth-order valence-electron chi connectivity index (χ4n) is 2.88. The van der Waals surface area contributed by atoms with E-state index in [2.05, 4.69) is 30.7 Å². The minimum Gasteiger partial charge on any atom is -0.367 e. The molecule has 1 saturated heterocycles. The van der Waals surface area contributed by atoms with Crippen molar-refractivity contribution in [3.05, 3.63) is 24.0 Å². The molecule has 0 radical (unpaired) electrons. The van der Waals surface area contributed by atoms with Crippen LogP contribution in [0.25, 0.3) is 0 Å². The molecular formula is C14H23N3. The molecule has 17 heavy (non-hydrogen) atoms. The average molecular weight is 233 g/mol. The summed E-state index contributed by atoms with van der Waals surface area (Å²) in [5.41, 5.74) is 8.24. The summed E-state index contributed by atoms with van der Waals surface area (Å²) in [4.78, 5) is 6.74. The van der Waals surface area contributed by atoms with E-state index in [1.54, 1.807) is 0 Å². The first kappa shape index (κ1) is 12.4. The highest BCUT2D eigenvalue weighted by molar-refractivity contribution is 5.53. The van der Waals surface area contributed by atoms with E-state index in [9.17, 15) is 0 Å². The van der Waals surface area contributed by atoms with E-state index in [4.69, 9.17) is 5.73 Å². The smallest absolute Gasteiger partial charge is 0.0600 e. The van der Waals surface area contributed by atoms with Crippen molar-refractivity contribution in [2.45, 2.75) is 39.8 Å². The molecule has 2 heterocycles. The molecule has 1 fully saturated rings. The summed E-state index contributed by atoms with van der Waals surface area (Å²) in [5.74, 6) is 1.47. The Balaban J connectivity index is 2.31. The molecule has 94 valence electrons. The molecule has 0 bridgehead atoms. The van der Waals surface area contributed by atoms with Crippen molar-refractivity contribution < 1.29 is 0 Å². The Morgan fingerprint density at radius 2 is 2.18 bits per heavy atom. The van der Waals surface area contributed by atoms with E-state index in [1.807, 2.05) is 18.5 Å². The van der Waals surface area contributed by atoms with Gasteiger partial charge in [-0.2, -0.15) is 0 Å². The SMILES string of the molecule is CC1CC(C)C(C)N(c2cnccc2CN)C1. The van der Waals surface area contributed by atoms with E-state index in [-0.39, 0.29) is 0 Å². The second kappa shape index (κ2) is 5.05. The van der Waals surface area contributed by atoms with Gasteiger partial charge in [0.1, 0.15) is 0 Å². The molecule has 0 aromatic carbocycles. The van der Waals surface area contributed by atoms with Gasteiger partial charge in [0.05, 0.1) is 11.9 Å². The van der Waals surface area contributed by atoms with Gasteiger partial charge in [-0.05, 0) is 36.8 Å². The molecule has 3 heteroatoms. The number of rotatable bonds is 2. The molecule has 0 saturated carbocycles. The number of piperidine rings is 1. The number of nitrogens with two attached hydrogens (primary N) is 1. The molecule has 1 aromatic rings. The van der Waals surface area contributed by atoms with Crippen molar-refractivity contribution in [3.63, 3.8) is 0 Å². The zero-order valence-electron chi connectivity index (χ0n) is 11.1. The van der Waals surface area contributed by atoms with Crippen molar-refractivity contribution in [2.24, 2.45) is 17.6 Å². The van der Waals surface area contributed by atoms with Crippen LogP contribution in [0.3, 0.4) is 0 Å². The predicted octanol–water partition coefficient (Wildman–Crippen LogP) is 2.41. The third-order valence-corrected chi connectivity index (χ3v) is 4.01. The molecule has 0 amide bonds. The standard InChI is InChI=1S/C14H23N3/c1-10-6-11(2)12(3)17(9-10)14-8-16-5-4-13(14)7-15/h4-5,8,10-12H,6-7,9,15H2,1-3H3. The van der Waals surface area contributed by atoms with Crippen LogP contribution >= 0.6 is 0 Å². The quantitative estimate of drug-likeness (QED) is 0.853. The van der Waals surface area contributed by atoms with Crippen molar-refractivity contribution in [3.8, 4) is 0 Å². The molecular weight excluding hydrogens is 210 g/mol. The highest BCUT2D eigenvalue weighted by Gasteiger charge is 2.29. The lowest BCUT2D eigenvalue weighted by atomic mass is 9.85.